The molecule has 0 aliphatic carbocycles. The van der Waals surface area contributed by atoms with Crippen LogP contribution in [0.3, 0.4) is 0 Å². The Balaban J connectivity index is 4.56. The average molecular weight is 268 g/mol. The number of hydrogen-bond acceptors (Lipinski definition) is 5. The molecule has 0 aliphatic heterocycles. The number of aliphatic hydroxyl groups excluding tert-OH is 1. The summed E-state index contributed by atoms with van der Waals surface area (Å²) in [6.07, 6.45) is -0.832. The highest BCUT2D eigenvalue weighted by Crippen LogP contribution is 2.00. The second-order valence-electron chi connectivity index (χ2n) is 3.68. The largest absolute Gasteiger partial charge is 0.446 e. The minimum Gasteiger partial charge on any atom is -0.446 e. The van der Waals surface area contributed by atoms with Gasteiger partial charge in [-0.25, -0.2) is 9.52 Å². The van der Waals surface area contributed by atoms with Crippen molar-refractivity contribution < 1.29 is 23.1 Å². The van der Waals surface area contributed by atoms with Gasteiger partial charge in [0.1, 0.15) is 0 Å². The first-order valence-electron chi connectivity index (χ1n) is 5.42. The van der Waals surface area contributed by atoms with E-state index in [9.17, 15) is 13.2 Å². The zero-order valence-corrected chi connectivity index (χ0v) is 11.2. The molecule has 0 saturated carbocycles. The Morgan fingerprint density at radius 2 is 2.00 bits per heavy atom. The van der Waals surface area contributed by atoms with Crippen molar-refractivity contribution in [2.75, 3.05) is 19.7 Å². The molecule has 102 valence electrons. The number of ether oxygens (including phenoxy) is 1. The van der Waals surface area contributed by atoms with E-state index < -0.39 is 22.4 Å². The molecule has 0 unspecified atom stereocenters. The van der Waals surface area contributed by atoms with E-state index in [4.69, 9.17) is 5.11 Å². The van der Waals surface area contributed by atoms with E-state index in [0.717, 1.165) is 4.31 Å². The van der Waals surface area contributed by atoms with E-state index in [-0.39, 0.29) is 19.7 Å². The van der Waals surface area contributed by atoms with E-state index in [0.29, 0.717) is 6.42 Å². The first-order chi connectivity index (χ1) is 7.83. The standard InChI is InChI=1S/C9H20N2O5S/c1-4-5-11(6-7-12)17(14,15)10-9(13)16-8(2)3/h8,12H,4-7H2,1-3H3,(H,10,13). The number of carbonyl (C=O) groups excluding carboxylic acids is 1. The first-order valence-corrected chi connectivity index (χ1v) is 6.86. The topological polar surface area (TPSA) is 95.9 Å². The van der Waals surface area contributed by atoms with Crippen molar-refractivity contribution in [1.29, 1.82) is 0 Å². The lowest BCUT2D eigenvalue weighted by atomic mass is 10.5. The van der Waals surface area contributed by atoms with Crippen LogP contribution in [0.5, 0.6) is 0 Å². The van der Waals surface area contributed by atoms with Crippen LogP contribution in [0, 0.1) is 0 Å². The van der Waals surface area contributed by atoms with Crippen molar-refractivity contribution in [3.8, 4) is 0 Å². The Kier molecular flexibility index (Phi) is 7.09. The highest BCUT2D eigenvalue weighted by atomic mass is 32.2. The zero-order chi connectivity index (χ0) is 13.5. The molecule has 0 bridgehead atoms. The summed E-state index contributed by atoms with van der Waals surface area (Å²) in [4.78, 5) is 11.2. The van der Waals surface area contributed by atoms with Gasteiger partial charge < -0.3 is 9.84 Å². The maximum atomic E-state index is 11.7. The fraction of sp³-hybridized carbons (Fsp3) is 0.889. The van der Waals surface area contributed by atoms with Gasteiger partial charge in [0.05, 0.1) is 12.7 Å². The molecule has 0 rings (SSSR count). The molecule has 1 amide bonds. The van der Waals surface area contributed by atoms with Gasteiger partial charge >= 0.3 is 16.3 Å². The third-order valence-electron chi connectivity index (χ3n) is 1.72. The molecule has 0 heterocycles. The van der Waals surface area contributed by atoms with Gasteiger partial charge in [-0.1, -0.05) is 6.92 Å². The summed E-state index contributed by atoms with van der Waals surface area (Å²) < 4.78 is 30.9. The SMILES string of the molecule is CCCN(CCO)S(=O)(=O)NC(=O)OC(C)C. The molecule has 8 heteroatoms. The predicted octanol–water partition coefficient (Wildman–Crippen LogP) is 0.0701. The summed E-state index contributed by atoms with van der Waals surface area (Å²) in [7, 11) is -3.94. The summed E-state index contributed by atoms with van der Waals surface area (Å²) in [5.41, 5.74) is 0. The number of nitrogens with zero attached hydrogens (tertiary/aromatic N) is 1. The molecule has 0 atom stereocenters. The summed E-state index contributed by atoms with van der Waals surface area (Å²) in [5, 5.41) is 8.76. The minimum atomic E-state index is -3.94. The van der Waals surface area contributed by atoms with Crippen molar-refractivity contribution in [3.63, 3.8) is 0 Å². The molecule has 0 aromatic carbocycles. The Hall–Kier alpha value is -0.860. The fourth-order valence-corrected chi connectivity index (χ4v) is 2.25. The van der Waals surface area contributed by atoms with Gasteiger partial charge in [-0.2, -0.15) is 12.7 Å². The highest BCUT2D eigenvalue weighted by molar-refractivity contribution is 7.87. The monoisotopic (exact) mass is 268 g/mol. The van der Waals surface area contributed by atoms with E-state index in [1.165, 1.54) is 0 Å². The van der Waals surface area contributed by atoms with Crippen LogP contribution in [-0.4, -0.2) is 49.7 Å². The summed E-state index contributed by atoms with van der Waals surface area (Å²) >= 11 is 0. The normalized spacial score (nSPS) is 11.9. The molecule has 0 aromatic rings. The van der Waals surface area contributed by atoms with E-state index in [2.05, 4.69) is 4.74 Å². The van der Waals surface area contributed by atoms with E-state index in [1.54, 1.807) is 25.5 Å². The lowest BCUT2D eigenvalue weighted by molar-refractivity contribution is 0.120. The van der Waals surface area contributed by atoms with Gasteiger partial charge in [-0.3, -0.25) is 0 Å². The van der Waals surface area contributed by atoms with Crippen LogP contribution in [0.2, 0.25) is 0 Å². The van der Waals surface area contributed by atoms with Crippen LogP contribution in [0.15, 0.2) is 0 Å². The summed E-state index contributed by atoms with van der Waals surface area (Å²) in [6.45, 7) is 4.89. The number of aliphatic hydroxyl groups is 1. The van der Waals surface area contributed by atoms with Crippen LogP contribution >= 0.6 is 0 Å². The highest BCUT2D eigenvalue weighted by Gasteiger charge is 2.24. The van der Waals surface area contributed by atoms with Gasteiger partial charge in [0.15, 0.2) is 0 Å². The molecule has 7 nitrogen and oxygen atoms in total. The first kappa shape index (κ1) is 16.1. The minimum absolute atomic E-state index is 0.0574. The molecule has 0 fully saturated rings. The molecule has 0 aliphatic rings. The molecular formula is C9H20N2O5S. The van der Waals surface area contributed by atoms with Gasteiger partial charge in [0.25, 0.3) is 0 Å². The predicted molar refractivity (Wildman–Crippen MR) is 62.6 cm³/mol. The Morgan fingerprint density at radius 1 is 1.41 bits per heavy atom. The quantitative estimate of drug-likeness (QED) is 0.681. The van der Waals surface area contributed by atoms with Gasteiger partial charge in [0.2, 0.25) is 0 Å². The van der Waals surface area contributed by atoms with Crippen molar-refractivity contribution in [2.45, 2.75) is 33.3 Å². The number of amides is 1. The van der Waals surface area contributed by atoms with Crippen molar-refractivity contribution in [2.24, 2.45) is 0 Å². The van der Waals surface area contributed by atoms with Gasteiger partial charge in [-0.05, 0) is 20.3 Å². The molecule has 17 heavy (non-hydrogen) atoms. The van der Waals surface area contributed by atoms with E-state index in [1.807, 2.05) is 0 Å². The summed E-state index contributed by atoms with van der Waals surface area (Å²) in [5.74, 6) is 0. The second kappa shape index (κ2) is 7.46. The molecule has 0 saturated heterocycles. The van der Waals surface area contributed by atoms with Crippen LogP contribution in [-0.2, 0) is 14.9 Å². The average Bonchev–Trinajstić information content (AvgIpc) is 2.14. The lowest BCUT2D eigenvalue weighted by Crippen LogP contribution is -2.45. The smallest absolute Gasteiger partial charge is 0.422 e. The molecule has 0 aromatic heterocycles. The van der Waals surface area contributed by atoms with Gasteiger partial charge in [-0.15, -0.1) is 0 Å². The van der Waals surface area contributed by atoms with Crippen LogP contribution in [0.25, 0.3) is 0 Å². The van der Waals surface area contributed by atoms with Crippen molar-refractivity contribution in [1.82, 2.24) is 9.03 Å². The van der Waals surface area contributed by atoms with Crippen LogP contribution in [0.4, 0.5) is 4.79 Å². The number of nitrogens with one attached hydrogen (secondary N) is 1. The second-order valence-corrected chi connectivity index (χ2v) is 5.35. The zero-order valence-electron chi connectivity index (χ0n) is 10.3. The molecule has 2 N–H and O–H groups in total. The van der Waals surface area contributed by atoms with E-state index >= 15 is 0 Å². The molecule has 0 spiro atoms. The van der Waals surface area contributed by atoms with Crippen LogP contribution < -0.4 is 4.72 Å². The number of hydrogen-bond donors (Lipinski definition) is 2. The van der Waals surface area contributed by atoms with Crippen LogP contribution in [0.1, 0.15) is 27.2 Å². The Labute approximate surface area is 102 Å². The third kappa shape index (κ3) is 6.44. The lowest BCUT2D eigenvalue weighted by Gasteiger charge is -2.20. The van der Waals surface area contributed by atoms with Gasteiger partial charge in [0, 0.05) is 13.1 Å². The Bertz CT molecular complexity index is 322. The molecular weight excluding hydrogens is 248 g/mol. The number of carbonyl (C=O) groups is 1. The van der Waals surface area contributed by atoms with Crippen molar-refractivity contribution >= 4 is 16.3 Å². The van der Waals surface area contributed by atoms with Crippen molar-refractivity contribution in [3.05, 3.63) is 0 Å². The maximum absolute atomic E-state index is 11.7. The Morgan fingerprint density at radius 3 is 2.41 bits per heavy atom. The fourth-order valence-electron chi connectivity index (χ4n) is 1.12. The molecule has 0 radical (unpaired) electrons. The summed E-state index contributed by atoms with van der Waals surface area (Å²) in [6, 6.07) is 0. The maximum Gasteiger partial charge on any atom is 0.422 e. The third-order valence-corrected chi connectivity index (χ3v) is 3.19. The number of rotatable bonds is 7.